The van der Waals surface area contributed by atoms with Gasteiger partial charge in [0.1, 0.15) is 0 Å². The summed E-state index contributed by atoms with van der Waals surface area (Å²) in [6, 6.07) is 9.02. The van der Waals surface area contributed by atoms with Crippen molar-refractivity contribution >= 4 is 11.5 Å². The van der Waals surface area contributed by atoms with Crippen molar-refractivity contribution in [2.24, 2.45) is 30.7 Å². The van der Waals surface area contributed by atoms with Crippen LogP contribution < -0.4 is 4.90 Å². The summed E-state index contributed by atoms with van der Waals surface area (Å²) in [5.41, 5.74) is 5.79. The molecule has 1 aromatic carbocycles. The highest BCUT2D eigenvalue weighted by molar-refractivity contribution is 5.62. The number of aromatic nitrogens is 3. The first-order valence-corrected chi connectivity index (χ1v) is 11.0. The number of anilines is 1. The quantitative estimate of drug-likeness (QED) is 0.621. The Labute approximate surface area is 166 Å². The van der Waals surface area contributed by atoms with Crippen LogP contribution in [0.1, 0.15) is 49.1 Å². The largest absolute Gasteiger partial charge is 0.353 e. The average molecular weight is 373 g/mol. The van der Waals surface area contributed by atoms with Gasteiger partial charge >= 0.3 is 0 Å². The van der Waals surface area contributed by atoms with E-state index in [1.54, 1.807) is 0 Å². The highest BCUT2D eigenvalue weighted by atomic mass is 15.3. The normalized spacial score (nSPS) is 35.4. The first kappa shape index (κ1) is 15.7. The fraction of sp³-hybridized carbons (Fsp3) is 0.542. The Morgan fingerprint density at radius 3 is 2.39 bits per heavy atom. The number of benzene rings is 1. The topological polar surface area (TPSA) is 25.5 Å². The van der Waals surface area contributed by atoms with Crippen molar-refractivity contribution in [1.82, 2.24) is 14.0 Å². The Hall–Kier alpha value is -2.23. The van der Waals surface area contributed by atoms with Crippen LogP contribution in [-0.4, -0.2) is 14.0 Å². The zero-order valence-corrected chi connectivity index (χ0v) is 16.8. The second kappa shape index (κ2) is 5.03. The summed E-state index contributed by atoms with van der Waals surface area (Å²) >= 11 is 0. The fourth-order valence-electron chi connectivity index (χ4n) is 7.85. The van der Waals surface area contributed by atoms with Gasteiger partial charge < -0.3 is 9.47 Å². The van der Waals surface area contributed by atoms with Gasteiger partial charge in [-0.2, -0.15) is 0 Å². The van der Waals surface area contributed by atoms with Crippen molar-refractivity contribution in [3.8, 4) is 0 Å². The van der Waals surface area contributed by atoms with Crippen molar-refractivity contribution in [2.75, 3.05) is 4.90 Å². The van der Waals surface area contributed by atoms with Crippen LogP contribution in [-0.2, 0) is 19.1 Å². The lowest BCUT2D eigenvalue weighted by Crippen LogP contribution is -2.62. The van der Waals surface area contributed by atoms with E-state index in [1.165, 1.54) is 54.7 Å². The zero-order valence-electron chi connectivity index (χ0n) is 16.8. The molecule has 4 fully saturated rings. The van der Waals surface area contributed by atoms with Crippen molar-refractivity contribution in [3.63, 3.8) is 0 Å². The molecule has 2 aromatic heterocycles. The molecule has 8 rings (SSSR count). The molecule has 144 valence electrons. The van der Waals surface area contributed by atoms with Gasteiger partial charge in [0.2, 0.25) is 5.78 Å². The molecular formula is C24H28N4. The van der Waals surface area contributed by atoms with Crippen LogP contribution >= 0.6 is 0 Å². The molecule has 4 heteroatoms. The molecule has 1 spiro atoms. The molecular weight excluding hydrogens is 344 g/mol. The summed E-state index contributed by atoms with van der Waals surface area (Å²) in [7, 11) is 2.13. The molecule has 28 heavy (non-hydrogen) atoms. The molecule has 3 heterocycles. The van der Waals surface area contributed by atoms with Gasteiger partial charge in [-0.25, -0.2) is 4.98 Å². The number of aryl methyl sites for hydroxylation is 2. The van der Waals surface area contributed by atoms with Gasteiger partial charge in [-0.3, -0.25) is 4.40 Å². The van der Waals surface area contributed by atoms with Crippen LogP contribution in [0.3, 0.4) is 0 Å². The highest BCUT2D eigenvalue weighted by Gasteiger charge is 2.64. The molecule has 0 unspecified atom stereocenters. The molecule has 4 bridgehead atoms. The molecule has 5 aliphatic rings. The van der Waals surface area contributed by atoms with Crippen LogP contribution in [0.15, 0.2) is 36.7 Å². The Morgan fingerprint density at radius 1 is 0.964 bits per heavy atom. The fourth-order valence-corrected chi connectivity index (χ4v) is 7.85. The lowest BCUT2D eigenvalue weighted by molar-refractivity contribution is -0.0603. The van der Waals surface area contributed by atoms with Crippen LogP contribution in [0.25, 0.3) is 5.78 Å². The Bertz CT molecular complexity index is 1080. The smallest absolute Gasteiger partial charge is 0.214 e. The third-order valence-electron chi connectivity index (χ3n) is 8.67. The SMILES string of the molecule is Cc1ccccc1N1Cc2c(nc3n(C)ccn23)C12C1CC3CC(C1)CC2C3. The van der Waals surface area contributed by atoms with Crippen molar-refractivity contribution < 1.29 is 0 Å². The van der Waals surface area contributed by atoms with Gasteiger partial charge in [0.25, 0.3) is 0 Å². The zero-order chi connectivity index (χ0) is 18.6. The second-order valence-corrected chi connectivity index (χ2v) is 9.99. The predicted octanol–water partition coefficient (Wildman–Crippen LogP) is 4.65. The van der Waals surface area contributed by atoms with Crippen LogP contribution in [0, 0.1) is 30.6 Å². The van der Waals surface area contributed by atoms with Gasteiger partial charge in [-0.1, -0.05) is 18.2 Å². The summed E-state index contributed by atoms with van der Waals surface area (Å²) < 4.78 is 4.54. The molecule has 4 aliphatic carbocycles. The minimum atomic E-state index is 0.112. The van der Waals surface area contributed by atoms with Crippen LogP contribution in [0.5, 0.6) is 0 Å². The van der Waals surface area contributed by atoms with Gasteiger partial charge in [-0.15, -0.1) is 0 Å². The first-order chi connectivity index (χ1) is 13.7. The minimum Gasteiger partial charge on any atom is -0.353 e. The Balaban J connectivity index is 1.51. The van der Waals surface area contributed by atoms with Gasteiger partial charge in [0.05, 0.1) is 23.5 Å². The molecule has 0 N–H and O–H groups in total. The van der Waals surface area contributed by atoms with E-state index in [2.05, 4.69) is 64.5 Å². The molecule has 1 aliphatic heterocycles. The summed E-state index contributed by atoms with van der Waals surface area (Å²) in [6.45, 7) is 3.27. The van der Waals surface area contributed by atoms with E-state index in [4.69, 9.17) is 4.98 Å². The molecule has 0 atom stereocenters. The van der Waals surface area contributed by atoms with E-state index in [-0.39, 0.29) is 5.54 Å². The standard InChI is InChI=1S/C24H28N4/c1-15-5-3-4-6-20(15)28-14-21-22(25-23-26(2)7-8-27(21)23)24(28)18-10-16-9-17(12-18)13-19(24)11-16/h3-8,16-19H,9-14H2,1-2H3. The first-order valence-electron chi connectivity index (χ1n) is 11.0. The van der Waals surface area contributed by atoms with E-state index in [9.17, 15) is 0 Å². The minimum absolute atomic E-state index is 0.112. The number of fused-ring (bicyclic) bond motifs is 3. The third-order valence-corrected chi connectivity index (χ3v) is 8.67. The maximum atomic E-state index is 5.34. The number of para-hydroxylation sites is 1. The van der Waals surface area contributed by atoms with E-state index in [0.29, 0.717) is 0 Å². The molecule has 0 radical (unpaired) electrons. The lowest BCUT2D eigenvalue weighted by atomic mass is 9.47. The molecule has 0 amide bonds. The Morgan fingerprint density at radius 2 is 1.68 bits per heavy atom. The predicted molar refractivity (Wildman–Crippen MR) is 110 cm³/mol. The summed E-state index contributed by atoms with van der Waals surface area (Å²) in [4.78, 5) is 8.14. The Kier molecular flexibility index (Phi) is 2.81. The number of hydrogen-bond donors (Lipinski definition) is 0. The third kappa shape index (κ3) is 1.68. The summed E-state index contributed by atoms with van der Waals surface area (Å²) in [6.07, 6.45) is 11.5. The monoisotopic (exact) mass is 372 g/mol. The number of imidazole rings is 2. The molecule has 4 nitrogen and oxygen atoms in total. The number of rotatable bonds is 1. The maximum absolute atomic E-state index is 5.34. The number of hydrogen-bond acceptors (Lipinski definition) is 2. The van der Waals surface area contributed by atoms with Crippen molar-refractivity contribution in [2.45, 2.75) is 51.1 Å². The molecule has 0 saturated heterocycles. The summed E-state index contributed by atoms with van der Waals surface area (Å²) in [5, 5.41) is 0. The summed E-state index contributed by atoms with van der Waals surface area (Å²) in [5.74, 6) is 4.56. The highest BCUT2D eigenvalue weighted by Crippen LogP contribution is 2.66. The second-order valence-electron chi connectivity index (χ2n) is 9.99. The van der Waals surface area contributed by atoms with E-state index >= 15 is 0 Å². The van der Waals surface area contributed by atoms with E-state index in [1.807, 2.05) is 0 Å². The van der Waals surface area contributed by atoms with Crippen molar-refractivity contribution in [1.29, 1.82) is 0 Å². The molecule has 4 saturated carbocycles. The van der Waals surface area contributed by atoms with E-state index in [0.717, 1.165) is 36.0 Å². The lowest BCUT2D eigenvalue weighted by Gasteiger charge is -2.62. The van der Waals surface area contributed by atoms with Crippen LogP contribution in [0.4, 0.5) is 5.69 Å². The van der Waals surface area contributed by atoms with E-state index < -0.39 is 0 Å². The van der Waals surface area contributed by atoms with Crippen LogP contribution in [0.2, 0.25) is 0 Å². The number of nitrogens with zero attached hydrogens (tertiary/aromatic N) is 4. The average Bonchev–Trinajstić information content (AvgIpc) is 3.31. The maximum Gasteiger partial charge on any atom is 0.214 e. The van der Waals surface area contributed by atoms with Gasteiger partial charge in [0, 0.05) is 25.1 Å². The van der Waals surface area contributed by atoms with Gasteiger partial charge in [0.15, 0.2) is 0 Å². The van der Waals surface area contributed by atoms with Gasteiger partial charge in [-0.05, 0) is 74.3 Å². The molecule has 3 aromatic rings. The van der Waals surface area contributed by atoms with Crippen molar-refractivity contribution in [3.05, 3.63) is 53.6 Å².